The normalized spacial score (nSPS) is 30.8. The first-order valence-electron chi connectivity index (χ1n) is 6.20. The molecule has 17 heavy (non-hydrogen) atoms. The van der Waals surface area contributed by atoms with Crippen LogP contribution in [-0.2, 0) is 10.2 Å². The Balaban J connectivity index is 2.26. The Kier molecular flexibility index (Phi) is 2.15. The minimum atomic E-state index is -0.689. The van der Waals surface area contributed by atoms with Gasteiger partial charge in [-0.05, 0) is 29.5 Å². The van der Waals surface area contributed by atoms with Gasteiger partial charge in [-0.1, -0.05) is 43.7 Å². The Morgan fingerprint density at radius 1 is 1.35 bits per heavy atom. The highest BCUT2D eigenvalue weighted by Crippen LogP contribution is 2.56. The maximum absolute atomic E-state index is 11.8. The standard InChI is InChI=1S/C15H16O2/c1-10-11-6-2-3-8-13(11)15(14(16)17)9-5-4-7-12(10)15/h2-3,6,8,12H,1,4-5,7,9H2,(H,16,17)/t12-,15+/m0/s1. The highest BCUT2D eigenvalue weighted by molar-refractivity contribution is 5.92. The third-order valence-electron chi connectivity index (χ3n) is 4.46. The van der Waals surface area contributed by atoms with E-state index in [9.17, 15) is 9.90 Å². The number of carboxylic acid groups (broad SMARTS) is 1. The molecule has 2 aliphatic rings. The first-order valence-corrected chi connectivity index (χ1v) is 6.20. The Labute approximate surface area is 101 Å². The van der Waals surface area contributed by atoms with E-state index in [1.54, 1.807) is 0 Å². The molecule has 0 radical (unpaired) electrons. The topological polar surface area (TPSA) is 37.3 Å². The summed E-state index contributed by atoms with van der Waals surface area (Å²) in [7, 11) is 0. The fourth-order valence-corrected chi connectivity index (χ4v) is 3.68. The molecule has 1 fully saturated rings. The summed E-state index contributed by atoms with van der Waals surface area (Å²) in [5, 5.41) is 9.72. The van der Waals surface area contributed by atoms with E-state index in [0.717, 1.165) is 42.4 Å². The Morgan fingerprint density at radius 2 is 2.12 bits per heavy atom. The van der Waals surface area contributed by atoms with E-state index in [-0.39, 0.29) is 5.92 Å². The molecule has 0 amide bonds. The SMILES string of the molecule is C=C1c2ccccc2[C@@]2(C(=O)O)CCCC[C@@H]12. The second-order valence-electron chi connectivity index (χ2n) is 5.15. The second-order valence-corrected chi connectivity index (χ2v) is 5.15. The molecule has 2 nitrogen and oxygen atoms in total. The van der Waals surface area contributed by atoms with Gasteiger partial charge >= 0.3 is 5.97 Å². The molecule has 1 aromatic carbocycles. The monoisotopic (exact) mass is 228 g/mol. The molecule has 88 valence electrons. The molecule has 1 N–H and O–H groups in total. The van der Waals surface area contributed by atoms with E-state index in [1.165, 1.54) is 0 Å². The lowest BCUT2D eigenvalue weighted by atomic mass is 9.65. The zero-order chi connectivity index (χ0) is 12.0. The molecule has 0 heterocycles. The van der Waals surface area contributed by atoms with Crippen LogP contribution in [0.25, 0.3) is 5.57 Å². The van der Waals surface area contributed by atoms with E-state index in [4.69, 9.17) is 0 Å². The molecular weight excluding hydrogens is 212 g/mol. The molecule has 1 saturated carbocycles. The van der Waals surface area contributed by atoms with Crippen LogP contribution in [0.5, 0.6) is 0 Å². The fourth-order valence-electron chi connectivity index (χ4n) is 3.68. The van der Waals surface area contributed by atoms with Crippen molar-refractivity contribution in [3.63, 3.8) is 0 Å². The lowest BCUT2D eigenvalue weighted by Gasteiger charge is -2.36. The summed E-state index contributed by atoms with van der Waals surface area (Å²) >= 11 is 0. The number of allylic oxidation sites excluding steroid dienone is 1. The molecular formula is C15H16O2. The molecule has 0 aliphatic heterocycles. The number of aliphatic carboxylic acids is 1. The van der Waals surface area contributed by atoms with Crippen molar-refractivity contribution >= 4 is 11.5 Å². The summed E-state index contributed by atoms with van der Waals surface area (Å²) in [5.74, 6) is -0.570. The molecule has 0 spiro atoms. The second kappa shape index (κ2) is 3.46. The van der Waals surface area contributed by atoms with Gasteiger partial charge in [-0.15, -0.1) is 0 Å². The first-order chi connectivity index (χ1) is 8.18. The Bertz CT molecular complexity index is 503. The molecule has 0 aromatic heterocycles. The molecule has 2 atom stereocenters. The van der Waals surface area contributed by atoms with Crippen LogP contribution in [-0.4, -0.2) is 11.1 Å². The van der Waals surface area contributed by atoms with Gasteiger partial charge in [0.25, 0.3) is 0 Å². The lowest BCUT2D eigenvalue weighted by molar-refractivity contribution is -0.146. The summed E-state index contributed by atoms with van der Waals surface area (Å²) in [6.45, 7) is 4.14. The summed E-state index contributed by atoms with van der Waals surface area (Å²) in [6.07, 6.45) is 3.83. The highest BCUT2D eigenvalue weighted by atomic mass is 16.4. The minimum Gasteiger partial charge on any atom is -0.481 e. The van der Waals surface area contributed by atoms with Crippen molar-refractivity contribution in [1.29, 1.82) is 0 Å². The zero-order valence-electron chi connectivity index (χ0n) is 9.78. The van der Waals surface area contributed by atoms with Crippen molar-refractivity contribution < 1.29 is 9.90 Å². The van der Waals surface area contributed by atoms with Crippen LogP contribution in [0.3, 0.4) is 0 Å². The van der Waals surface area contributed by atoms with E-state index < -0.39 is 11.4 Å². The van der Waals surface area contributed by atoms with Gasteiger partial charge < -0.3 is 5.11 Å². The molecule has 0 saturated heterocycles. The van der Waals surface area contributed by atoms with Crippen molar-refractivity contribution in [2.24, 2.45) is 5.92 Å². The third kappa shape index (κ3) is 1.18. The number of hydrogen-bond acceptors (Lipinski definition) is 1. The van der Waals surface area contributed by atoms with Crippen molar-refractivity contribution in [1.82, 2.24) is 0 Å². The molecule has 1 aromatic rings. The van der Waals surface area contributed by atoms with Crippen LogP contribution in [0, 0.1) is 5.92 Å². The predicted molar refractivity (Wildman–Crippen MR) is 66.7 cm³/mol. The molecule has 2 heteroatoms. The van der Waals surface area contributed by atoms with E-state index in [0.29, 0.717) is 0 Å². The number of rotatable bonds is 1. The van der Waals surface area contributed by atoms with Crippen LogP contribution in [0.1, 0.15) is 36.8 Å². The average molecular weight is 228 g/mol. The fraction of sp³-hybridized carbons (Fsp3) is 0.400. The van der Waals surface area contributed by atoms with Gasteiger partial charge in [-0.2, -0.15) is 0 Å². The first kappa shape index (κ1) is 10.6. The smallest absolute Gasteiger partial charge is 0.314 e. The summed E-state index contributed by atoms with van der Waals surface area (Å²) in [6, 6.07) is 7.89. The van der Waals surface area contributed by atoms with Gasteiger partial charge in [0.15, 0.2) is 0 Å². The number of carboxylic acids is 1. The number of carbonyl (C=O) groups is 1. The van der Waals surface area contributed by atoms with Crippen LogP contribution < -0.4 is 0 Å². The van der Waals surface area contributed by atoms with E-state index in [2.05, 4.69) is 6.58 Å². The van der Waals surface area contributed by atoms with E-state index >= 15 is 0 Å². The number of hydrogen-bond donors (Lipinski definition) is 1. The molecule has 0 bridgehead atoms. The Morgan fingerprint density at radius 3 is 2.88 bits per heavy atom. The maximum Gasteiger partial charge on any atom is 0.314 e. The summed E-state index contributed by atoms with van der Waals surface area (Å²) < 4.78 is 0. The van der Waals surface area contributed by atoms with Gasteiger partial charge in [0.1, 0.15) is 5.41 Å². The van der Waals surface area contributed by atoms with Gasteiger partial charge in [-0.25, -0.2) is 0 Å². The van der Waals surface area contributed by atoms with Gasteiger partial charge in [-0.3, -0.25) is 4.79 Å². The third-order valence-corrected chi connectivity index (χ3v) is 4.46. The zero-order valence-corrected chi connectivity index (χ0v) is 9.78. The van der Waals surface area contributed by atoms with Gasteiger partial charge in [0.05, 0.1) is 0 Å². The van der Waals surface area contributed by atoms with Crippen molar-refractivity contribution in [2.75, 3.05) is 0 Å². The summed E-state index contributed by atoms with van der Waals surface area (Å²) in [5.41, 5.74) is 2.40. The van der Waals surface area contributed by atoms with Gasteiger partial charge in [0.2, 0.25) is 0 Å². The van der Waals surface area contributed by atoms with Crippen molar-refractivity contribution in [3.8, 4) is 0 Å². The number of benzene rings is 1. The lowest BCUT2D eigenvalue weighted by Crippen LogP contribution is -2.42. The Hall–Kier alpha value is -1.57. The van der Waals surface area contributed by atoms with Crippen molar-refractivity contribution in [3.05, 3.63) is 42.0 Å². The van der Waals surface area contributed by atoms with Crippen LogP contribution in [0.15, 0.2) is 30.8 Å². The van der Waals surface area contributed by atoms with Crippen molar-refractivity contribution in [2.45, 2.75) is 31.1 Å². The predicted octanol–water partition coefficient (Wildman–Crippen LogP) is 3.23. The minimum absolute atomic E-state index is 0.103. The van der Waals surface area contributed by atoms with E-state index in [1.807, 2.05) is 24.3 Å². The van der Waals surface area contributed by atoms with Crippen LogP contribution in [0.4, 0.5) is 0 Å². The highest BCUT2D eigenvalue weighted by Gasteiger charge is 2.54. The van der Waals surface area contributed by atoms with Crippen LogP contribution in [0.2, 0.25) is 0 Å². The molecule has 3 rings (SSSR count). The quantitative estimate of drug-likeness (QED) is 0.801. The number of fused-ring (bicyclic) bond motifs is 3. The molecule has 0 unspecified atom stereocenters. The van der Waals surface area contributed by atoms with Gasteiger partial charge in [0, 0.05) is 5.92 Å². The average Bonchev–Trinajstić information content (AvgIpc) is 2.62. The largest absolute Gasteiger partial charge is 0.481 e. The summed E-state index contributed by atoms with van der Waals surface area (Å²) in [4.78, 5) is 11.8. The maximum atomic E-state index is 11.8. The van der Waals surface area contributed by atoms with Crippen LogP contribution >= 0.6 is 0 Å². The molecule has 2 aliphatic carbocycles.